The van der Waals surface area contributed by atoms with Crippen LogP contribution in [0.15, 0.2) is 22.9 Å². The molecule has 0 N–H and O–H groups in total. The Morgan fingerprint density at radius 3 is 2.76 bits per heavy atom. The number of aryl methyl sites for hydroxylation is 4. The number of furan rings is 1. The molecule has 0 fully saturated rings. The summed E-state index contributed by atoms with van der Waals surface area (Å²) in [6.07, 6.45) is 4.93. The van der Waals surface area contributed by atoms with Gasteiger partial charge in [-0.05, 0) is 31.9 Å². The third-order valence-corrected chi connectivity index (χ3v) is 2.74. The summed E-state index contributed by atoms with van der Waals surface area (Å²) in [5.41, 5.74) is 1.78. The minimum Gasteiger partial charge on any atom is -0.466 e. The number of ketones is 1. The molecule has 2 aromatic rings. The van der Waals surface area contributed by atoms with Crippen molar-refractivity contribution in [3.63, 3.8) is 0 Å². The van der Waals surface area contributed by atoms with Gasteiger partial charge in [0.25, 0.3) is 0 Å². The Hall–Kier alpha value is -1.84. The molecule has 2 rings (SSSR count). The molecule has 4 nitrogen and oxygen atoms in total. The van der Waals surface area contributed by atoms with E-state index in [1.165, 1.54) is 0 Å². The van der Waals surface area contributed by atoms with Gasteiger partial charge in [0.2, 0.25) is 0 Å². The van der Waals surface area contributed by atoms with Crippen molar-refractivity contribution in [2.45, 2.75) is 26.7 Å². The van der Waals surface area contributed by atoms with Gasteiger partial charge >= 0.3 is 0 Å². The summed E-state index contributed by atoms with van der Waals surface area (Å²) in [6, 6.07) is 1.81. The van der Waals surface area contributed by atoms with E-state index in [1.807, 2.05) is 27.1 Å². The van der Waals surface area contributed by atoms with Crippen molar-refractivity contribution < 1.29 is 9.21 Å². The summed E-state index contributed by atoms with van der Waals surface area (Å²) in [4.78, 5) is 12.0. The first kappa shape index (κ1) is 11.6. The lowest BCUT2D eigenvalue weighted by Crippen LogP contribution is -2.01. The van der Waals surface area contributed by atoms with E-state index in [0.29, 0.717) is 17.7 Å². The van der Waals surface area contributed by atoms with Gasteiger partial charge in [-0.15, -0.1) is 0 Å². The van der Waals surface area contributed by atoms with Gasteiger partial charge in [-0.1, -0.05) is 0 Å². The quantitative estimate of drug-likeness (QED) is 0.761. The first-order valence-electron chi connectivity index (χ1n) is 5.64. The lowest BCUT2D eigenvalue weighted by Gasteiger charge is -1.97. The average molecular weight is 232 g/mol. The van der Waals surface area contributed by atoms with E-state index in [-0.39, 0.29) is 5.78 Å². The summed E-state index contributed by atoms with van der Waals surface area (Å²) < 4.78 is 7.10. The number of carbonyl (C=O) groups is 1. The fourth-order valence-electron chi connectivity index (χ4n) is 1.90. The Kier molecular flexibility index (Phi) is 3.13. The third kappa shape index (κ3) is 2.64. The predicted octanol–water partition coefficient (Wildman–Crippen LogP) is 2.45. The highest BCUT2D eigenvalue weighted by molar-refractivity contribution is 5.97. The average Bonchev–Trinajstić information content (AvgIpc) is 2.81. The predicted molar refractivity (Wildman–Crippen MR) is 64.0 cm³/mol. The topological polar surface area (TPSA) is 48.0 Å². The largest absolute Gasteiger partial charge is 0.466 e. The Morgan fingerprint density at radius 1 is 1.47 bits per heavy atom. The molecule has 2 heterocycles. The molecule has 0 spiro atoms. The van der Waals surface area contributed by atoms with Crippen LogP contribution in [0, 0.1) is 13.8 Å². The monoisotopic (exact) mass is 232 g/mol. The van der Waals surface area contributed by atoms with Crippen molar-refractivity contribution in [2.24, 2.45) is 7.05 Å². The van der Waals surface area contributed by atoms with Crippen LogP contribution in [0.2, 0.25) is 0 Å². The molecule has 2 aromatic heterocycles. The standard InChI is InChI=1S/C13H16N2O2/c1-9-6-12(10(2)17-9)13(16)5-4-11-7-14-15(3)8-11/h6-8H,4-5H2,1-3H3. The number of carbonyl (C=O) groups excluding carboxylic acids is 1. The zero-order valence-electron chi connectivity index (χ0n) is 10.4. The first-order valence-corrected chi connectivity index (χ1v) is 5.64. The molecule has 0 aromatic carbocycles. The van der Waals surface area contributed by atoms with E-state index in [0.717, 1.165) is 17.7 Å². The van der Waals surface area contributed by atoms with Crippen LogP contribution in [0.1, 0.15) is 33.9 Å². The molecule has 4 heteroatoms. The van der Waals surface area contributed by atoms with E-state index in [1.54, 1.807) is 16.9 Å². The van der Waals surface area contributed by atoms with Crippen molar-refractivity contribution >= 4 is 5.78 Å². The van der Waals surface area contributed by atoms with Gasteiger partial charge in [-0.2, -0.15) is 5.10 Å². The maximum atomic E-state index is 12.0. The molecular formula is C13H16N2O2. The summed E-state index contributed by atoms with van der Waals surface area (Å²) in [6.45, 7) is 3.68. The Labute approximate surface area is 100 Å². The highest BCUT2D eigenvalue weighted by atomic mass is 16.3. The third-order valence-electron chi connectivity index (χ3n) is 2.74. The van der Waals surface area contributed by atoms with Crippen molar-refractivity contribution in [2.75, 3.05) is 0 Å². The molecule has 0 amide bonds. The van der Waals surface area contributed by atoms with Crippen LogP contribution in [-0.2, 0) is 13.5 Å². The second-order valence-electron chi connectivity index (χ2n) is 4.27. The molecule has 17 heavy (non-hydrogen) atoms. The minimum atomic E-state index is 0.128. The Bertz CT molecular complexity index is 537. The lowest BCUT2D eigenvalue weighted by atomic mass is 10.1. The Morgan fingerprint density at radius 2 is 2.24 bits per heavy atom. The van der Waals surface area contributed by atoms with Crippen LogP contribution in [0.4, 0.5) is 0 Å². The molecule has 0 aliphatic rings. The van der Waals surface area contributed by atoms with E-state index >= 15 is 0 Å². The van der Waals surface area contributed by atoms with Crippen LogP contribution < -0.4 is 0 Å². The number of hydrogen-bond donors (Lipinski definition) is 0. The SMILES string of the molecule is Cc1cc(C(=O)CCc2cnn(C)c2)c(C)o1. The van der Waals surface area contributed by atoms with Crippen LogP contribution >= 0.6 is 0 Å². The molecule has 90 valence electrons. The molecule has 0 atom stereocenters. The van der Waals surface area contributed by atoms with Crippen molar-refractivity contribution in [1.82, 2.24) is 9.78 Å². The summed E-state index contributed by atoms with van der Waals surface area (Å²) in [5, 5.41) is 4.08. The minimum absolute atomic E-state index is 0.128. The van der Waals surface area contributed by atoms with Crippen molar-refractivity contribution in [1.29, 1.82) is 0 Å². The fourth-order valence-corrected chi connectivity index (χ4v) is 1.90. The lowest BCUT2D eigenvalue weighted by molar-refractivity contribution is 0.0981. The molecule has 0 aliphatic heterocycles. The number of Topliss-reactive ketones (excluding diaryl/α,β-unsaturated/α-hetero) is 1. The van der Waals surface area contributed by atoms with Gasteiger partial charge in [0.15, 0.2) is 5.78 Å². The number of nitrogens with zero attached hydrogens (tertiary/aromatic N) is 2. The molecule has 0 saturated heterocycles. The van der Waals surface area contributed by atoms with Gasteiger partial charge in [0.1, 0.15) is 11.5 Å². The zero-order valence-corrected chi connectivity index (χ0v) is 10.4. The fraction of sp³-hybridized carbons (Fsp3) is 0.385. The zero-order chi connectivity index (χ0) is 12.4. The maximum absolute atomic E-state index is 12.0. The van der Waals surface area contributed by atoms with Crippen LogP contribution in [-0.4, -0.2) is 15.6 Å². The molecular weight excluding hydrogens is 216 g/mol. The van der Waals surface area contributed by atoms with Crippen LogP contribution in [0.5, 0.6) is 0 Å². The van der Waals surface area contributed by atoms with E-state index < -0.39 is 0 Å². The van der Waals surface area contributed by atoms with Gasteiger partial charge in [0.05, 0.1) is 11.8 Å². The number of rotatable bonds is 4. The number of aromatic nitrogens is 2. The molecule has 0 saturated carbocycles. The molecule has 0 aliphatic carbocycles. The molecule has 0 radical (unpaired) electrons. The first-order chi connectivity index (χ1) is 8.06. The van der Waals surface area contributed by atoms with Gasteiger partial charge in [-0.25, -0.2) is 0 Å². The van der Waals surface area contributed by atoms with Gasteiger partial charge in [-0.3, -0.25) is 9.48 Å². The second-order valence-corrected chi connectivity index (χ2v) is 4.27. The van der Waals surface area contributed by atoms with Crippen LogP contribution in [0.3, 0.4) is 0 Å². The van der Waals surface area contributed by atoms with E-state index in [9.17, 15) is 4.79 Å². The summed E-state index contributed by atoms with van der Waals surface area (Å²) in [7, 11) is 1.87. The molecule has 0 bridgehead atoms. The summed E-state index contributed by atoms with van der Waals surface area (Å²) in [5.74, 6) is 1.62. The van der Waals surface area contributed by atoms with Crippen molar-refractivity contribution in [3.8, 4) is 0 Å². The van der Waals surface area contributed by atoms with Gasteiger partial charge in [0, 0.05) is 19.7 Å². The second kappa shape index (κ2) is 4.57. The molecule has 0 unspecified atom stereocenters. The highest BCUT2D eigenvalue weighted by Crippen LogP contribution is 2.16. The smallest absolute Gasteiger partial charge is 0.166 e. The van der Waals surface area contributed by atoms with E-state index in [2.05, 4.69) is 5.10 Å². The maximum Gasteiger partial charge on any atom is 0.166 e. The summed E-state index contributed by atoms with van der Waals surface area (Å²) >= 11 is 0. The van der Waals surface area contributed by atoms with E-state index in [4.69, 9.17) is 4.42 Å². The van der Waals surface area contributed by atoms with Crippen molar-refractivity contribution in [3.05, 3.63) is 41.1 Å². The normalized spacial score (nSPS) is 10.8. The number of hydrogen-bond acceptors (Lipinski definition) is 3. The van der Waals surface area contributed by atoms with Gasteiger partial charge < -0.3 is 4.42 Å². The highest BCUT2D eigenvalue weighted by Gasteiger charge is 2.13. The van der Waals surface area contributed by atoms with Crippen LogP contribution in [0.25, 0.3) is 0 Å². The Balaban J connectivity index is 2.00.